The van der Waals surface area contributed by atoms with E-state index in [4.69, 9.17) is 25.8 Å². The van der Waals surface area contributed by atoms with Gasteiger partial charge in [-0.2, -0.15) is 0 Å². The predicted molar refractivity (Wildman–Crippen MR) is 104 cm³/mol. The van der Waals surface area contributed by atoms with Crippen LogP contribution in [0.2, 0.25) is 5.02 Å². The van der Waals surface area contributed by atoms with Crippen LogP contribution in [0.5, 0.6) is 11.5 Å². The van der Waals surface area contributed by atoms with Crippen LogP contribution in [0, 0.1) is 5.82 Å². The number of rotatable bonds is 4. The highest BCUT2D eigenvalue weighted by Crippen LogP contribution is 2.44. The fraction of sp³-hybridized carbons (Fsp3) is 0.238. The minimum absolute atomic E-state index is 0.0401. The number of anilines is 1. The second kappa shape index (κ2) is 7.40. The molecule has 29 heavy (non-hydrogen) atoms. The molecule has 0 unspecified atom stereocenters. The minimum Gasteiger partial charge on any atom is -0.493 e. The molecule has 0 fully saturated rings. The molecule has 1 atom stereocenters. The third-order valence-corrected chi connectivity index (χ3v) is 5.38. The molecule has 0 radical (unpaired) electrons. The summed E-state index contributed by atoms with van der Waals surface area (Å²) in [5, 5.41) is -0.107. The number of halogens is 2. The van der Waals surface area contributed by atoms with Crippen molar-refractivity contribution < 1.29 is 28.2 Å². The molecule has 150 valence electrons. The molecule has 0 N–H and O–H groups in total. The van der Waals surface area contributed by atoms with Crippen molar-refractivity contribution in [3.05, 3.63) is 64.1 Å². The first-order chi connectivity index (χ1) is 13.9. The molecule has 2 aromatic carbocycles. The van der Waals surface area contributed by atoms with E-state index in [1.165, 1.54) is 37.3 Å². The zero-order valence-corrected chi connectivity index (χ0v) is 16.5. The first-order valence-electron chi connectivity index (χ1n) is 8.84. The van der Waals surface area contributed by atoms with Gasteiger partial charge in [0, 0.05) is 12.3 Å². The SMILES string of the molecule is COc1ccc([C@H]2CC(=O)N(c3ccc(F)c(Cl)c3)C3=C2C(=O)OC3)cc1OC. The van der Waals surface area contributed by atoms with Crippen molar-refractivity contribution in [1.29, 1.82) is 0 Å². The van der Waals surface area contributed by atoms with E-state index >= 15 is 0 Å². The molecule has 2 heterocycles. The van der Waals surface area contributed by atoms with E-state index in [9.17, 15) is 14.0 Å². The lowest BCUT2D eigenvalue weighted by atomic mass is 9.84. The molecule has 2 aliphatic rings. The van der Waals surface area contributed by atoms with Gasteiger partial charge in [-0.25, -0.2) is 9.18 Å². The molecule has 2 aromatic rings. The van der Waals surface area contributed by atoms with Crippen LogP contribution >= 0.6 is 11.6 Å². The number of amides is 1. The van der Waals surface area contributed by atoms with Crippen LogP contribution in [-0.4, -0.2) is 32.7 Å². The highest BCUT2D eigenvalue weighted by Gasteiger charge is 2.43. The maximum absolute atomic E-state index is 13.6. The van der Waals surface area contributed by atoms with E-state index in [0.717, 1.165) is 5.56 Å². The van der Waals surface area contributed by atoms with Gasteiger partial charge >= 0.3 is 5.97 Å². The number of hydrogen-bond donors (Lipinski definition) is 0. The first kappa shape index (κ1) is 19.3. The average molecular weight is 418 g/mol. The van der Waals surface area contributed by atoms with Crippen LogP contribution < -0.4 is 14.4 Å². The van der Waals surface area contributed by atoms with Gasteiger partial charge in [0.2, 0.25) is 5.91 Å². The standard InChI is InChI=1S/C21H17ClFNO5/c1-27-17-6-3-11(7-18(17)28-2)13-9-19(25)24(16-10-29-21(26)20(13)16)12-4-5-15(23)14(22)8-12/h3-8,13H,9-10H2,1-2H3/t13-/m1/s1. The Hall–Kier alpha value is -3.06. The fourth-order valence-corrected chi connectivity index (χ4v) is 3.91. The number of carbonyl (C=O) groups excluding carboxylic acids is 2. The van der Waals surface area contributed by atoms with Crippen molar-refractivity contribution in [3.8, 4) is 11.5 Å². The molecule has 0 saturated carbocycles. The lowest BCUT2D eigenvalue weighted by Crippen LogP contribution is -2.37. The summed E-state index contributed by atoms with van der Waals surface area (Å²) >= 11 is 5.89. The summed E-state index contributed by atoms with van der Waals surface area (Å²) in [4.78, 5) is 26.9. The van der Waals surface area contributed by atoms with Gasteiger partial charge in [-0.05, 0) is 35.9 Å². The summed E-state index contributed by atoms with van der Waals surface area (Å²) in [6.45, 7) is -0.0430. The second-order valence-corrected chi connectivity index (χ2v) is 7.04. The zero-order chi connectivity index (χ0) is 20.7. The molecule has 1 amide bonds. The van der Waals surface area contributed by atoms with Crippen molar-refractivity contribution in [3.63, 3.8) is 0 Å². The maximum atomic E-state index is 13.6. The lowest BCUT2D eigenvalue weighted by Gasteiger charge is -2.32. The van der Waals surface area contributed by atoms with Crippen LogP contribution in [0.3, 0.4) is 0 Å². The molecule has 6 nitrogen and oxygen atoms in total. The smallest absolute Gasteiger partial charge is 0.336 e. The molecular weight excluding hydrogens is 401 g/mol. The Morgan fingerprint density at radius 3 is 2.55 bits per heavy atom. The Kier molecular flexibility index (Phi) is 4.92. The van der Waals surface area contributed by atoms with Crippen molar-refractivity contribution in [2.24, 2.45) is 0 Å². The predicted octanol–water partition coefficient (Wildman–Crippen LogP) is 3.83. The number of hydrogen-bond acceptors (Lipinski definition) is 5. The fourth-order valence-electron chi connectivity index (χ4n) is 3.73. The summed E-state index contributed by atoms with van der Waals surface area (Å²) < 4.78 is 29.4. The summed E-state index contributed by atoms with van der Waals surface area (Å²) in [6.07, 6.45) is 0.0401. The van der Waals surface area contributed by atoms with Gasteiger partial charge in [-0.1, -0.05) is 17.7 Å². The number of nitrogens with zero attached hydrogens (tertiary/aromatic N) is 1. The van der Waals surface area contributed by atoms with Gasteiger partial charge in [-0.3, -0.25) is 9.69 Å². The number of carbonyl (C=O) groups is 2. The summed E-state index contributed by atoms with van der Waals surface area (Å²) in [5.74, 6) is -0.756. The molecule has 0 spiro atoms. The number of benzene rings is 2. The maximum Gasteiger partial charge on any atom is 0.336 e. The van der Waals surface area contributed by atoms with Crippen molar-refractivity contribution >= 4 is 29.2 Å². The van der Waals surface area contributed by atoms with Crippen molar-refractivity contribution in [2.45, 2.75) is 12.3 Å². The average Bonchev–Trinajstić information content (AvgIpc) is 3.10. The Morgan fingerprint density at radius 1 is 1.10 bits per heavy atom. The minimum atomic E-state index is -0.587. The Balaban J connectivity index is 1.81. The van der Waals surface area contributed by atoms with Gasteiger partial charge in [0.1, 0.15) is 12.4 Å². The zero-order valence-electron chi connectivity index (χ0n) is 15.7. The lowest BCUT2D eigenvalue weighted by molar-refractivity contribution is -0.136. The van der Waals surface area contributed by atoms with E-state index in [0.29, 0.717) is 28.5 Å². The van der Waals surface area contributed by atoms with Gasteiger partial charge in [-0.15, -0.1) is 0 Å². The van der Waals surface area contributed by atoms with Gasteiger partial charge in [0.25, 0.3) is 0 Å². The third kappa shape index (κ3) is 3.21. The van der Waals surface area contributed by atoms with Crippen molar-refractivity contribution in [2.75, 3.05) is 25.7 Å². The monoisotopic (exact) mass is 417 g/mol. The van der Waals surface area contributed by atoms with E-state index in [-0.39, 0.29) is 24.0 Å². The van der Waals surface area contributed by atoms with E-state index < -0.39 is 17.7 Å². The molecule has 0 aromatic heterocycles. The van der Waals surface area contributed by atoms with Crippen LogP contribution in [-0.2, 0) is 14.3 Å². The van der Waals surface area contributed by atoms with Gasteiger partial charge in [0.15, 0.2) is 11.5 Å². The van der Waals surface area contributed by atoms with Gasteiger partial charge in [0.05, 0.1) is 36.2 Å². The number of ether oxygens (including phenoxy) is 3. The van der Waals surface area contributed by atoms with E-state index in [1.54, 1.807) is 18.2 Å². The highest BCUT2D eigenvalue weighted by molar-refractivity contribution is 6.31. The normalized spacial score (nSPS) is 18.6. The second-order valence-electron chi connectivity index (χ2n) is 6.64. The Bertz CT molecular complexity index is 1050. The molecule has 8 heteroatoms. The van der Waals surface area contributed by atoms with Crippen LogP contribution in [0.4, 0.5) is 10.1 Å². The quantitative estimate of drug-likeness (QED) is 0.707. The molecule has 0 bridgehead atoms. The van der Waals surface area contributed by atoms with Crippen molar-refractivity contribution in [1.82, 2.24) is 0 Å². The largest absolute Gasteiger partial charge is 0.493 e. The molecular formula is C21H17ClFNO5. The van der Waals surface area contributed by atoms with Crippen LogP contribution in [0.25, 0.3) is 0 Å². The topological polar surface area (TPSA) is 65.1 Å². The number of methoxy groups -OCH3 is 2. The molecule has 4 rings (SSSR count). The summed E-state index contributed by atoms with van der Waals surface area (Å²) in [7, 11) is 3.05. The first-order valence-corrected chi connectivity index (χ1v) is 9.22. The Morgan fingerprint density at radius 2 is 1.86 bits per heavy atom. The van der Waals surface area contributed by atoms with Crippen LogP contribution in [0.15, 0.2) is 47.7 Å². The van der Waals surface area contributed by atoms with Crippen LogP contribution in [0.1, 0.15) is 17.9 Å². The molecule has 0 saturated heterocycles. The molecule has 2 aliphatic heterocycles. The third-order valence-electron chi connectivity index (χ3n) is 5.09. The summed E-state index contributed by atoms with van der Waals surface area (Å²) in [6, 6.07) is 9.26. The van der Waals surface area contributed by atoms with E-state index in [1.807, 2.05) is 0 Å². The number of esters is 1. The summed E-state index contributed by atoms with van der Waals surface area (Å²) in [5.41, 5.74) is 1.96. The number of cyclic esters (lactones) is 1. The molecule has 0 aliphatic carbocycles. The van der Waals surface area contributed by atoms with E-state index in [2.05, 4.69) is 0 Å². The van der Waals surface area contributed by atoms with Gasteiger partial charge < -0.3 is 14.2 Å². The highest BCUT2D eigenvalue weighted by atomic mass is 35.5. The Labute approximate surface area is 171 Å².